The normalized spacial score (nSPS) is 16.5. The molecule has 132 valence electrons. The summed E-state index contributed by atoms with van der Waals surface area (Å²) in [4.78, 5) is 14.6. The molecule has 1 aliphatic rings. The van der Waals surface area contributed by atoms with Gasteiger partial charge in [-0.2, -0.15) is 0 Å². The average Bonchev–Trinajstić information content (AvgIpc) is 2.68. The number of ether oxygens (including phenoxy) is 1. The number of benzene rings is 2. The lowest BCUT2D eigenvalue weighted by atomic mass is 9.89. The van der Waals surface area contributed by atoms with Crippen molar-refractivity contribution in [3.8, 4) is 5.75 Å². The van der Waals surface area contributed by atoms with Gasteiger partial charge in [-0.25, -0.2) is 0 Å². The molecule has 2 aromatic rings. The standard InChI is InChI=1S/C21H25NO3/c1-16(25-20-9-5-6-17(14-20)15-23)21(24)22-12-10-19(11-13-22)18-7-3-2-4-8-18/h2-9,14,16,19,23H,10-13,15H2,1H3. The fourth-order valence-corrected chi connectivity index (χ4v) is 3.39. The molecule has 0 aliphatic carbocycles. The predicted octanol–water partition coefficient (Wildman–Crippen LogP) is 3.35. The molecule has 1 heterocycles. The number of amides is 1. The molecular weight excluding hydrogens is 314 g/mol. The Balaban J connectivity index is 1.54. The maximum atomic E-state index is 12.7. The van der Waals surface area contributed by atoms with Crippen LogP contribution in [0.15, 0.2) is 54.6 Å². The quantitative estimate of drug-likeness (QED) is 0.909. The van der Waals surface area contributed by atoms with Gasteiger partial charge in [-0.05, 0) is 48.9 Å². The van der Waals surface area contributed by atoms with Gasteiger partial charge in [0.1, 0.15) is 5.75 Å². The highest BCUT2D eigenvalue weighted by molar-refractivity contribution is 5.81. The maximum Gasteiger partial charge on any atom is 0.263 e. The van der Waals surface area contributed by atoms with Crippen LogP contribution in [0.3, 0.4) is 0 Å². The van der Waals surface area contributed by atoms with E-state index in [0.29, 0.717) is 11.7 Å². The van der Waals surface area contributed by atoms with Crippen LogP contribution in [0.4, 0.5) is 0 Å². The minimum Gasteiger partial charge on any atom is -0.481 e. The molecule has 0 spiro atoms. The number of nitrogens with zero attached hydrogens (tertiary/aromatic N) is 1. The zero-order chi connectivity index (χ0) is 17.6. The van der Waals surface area contributed by atoms with Crippen LogP contribution < -0.4 is 4.74 Å². The fraction of sp³-hybridized carbons (Fsp3) is 0.381. The SMILES string of the molecule is CC(Oc1cccc(CO)c1)C(=O)N1CCC(c2ccccc2)CC1. The number of hydrogen-bond donors (Lipinski definition) is 1. The summed E-state index contributed by atoms with van der Waals surface area (Å²) in [5.74, 6) is 1.18. The number of hydrogen-bond acceptors (Lipinski definition) is 3. The summed E-state index contributed by atoms with van der Waals surface area (Å²) >= 11 is 0. The molecule has 0 saturated carbocycles. The van der Waals surface area contributed by atoms with E-state index in [-0.39, 0.29) is 12.5 Å². The first-order valence-electron chi connectivity index (χ1n) is 8.87. The van der Waals surface area contributed by atoms with Gasteiger partial charge in [-0.3, -0.25) is 4.79 Å². The number of aliphatic hydroxyl groups excluding tert-OH is 1. The fourth-order valence-electron chi connectivity index (χ4n) is 3.39. The Bertz CT molecular complexity index is 693. The third kappa shape index (κ3) is 4.40. The molecule has 1 saturated heterocycles. The van der Waals surface area contributed by atoms with Crippen molar-refractivity contribution >= 4 is 5.91 Å². The van der Waals surface area contributed by atoms with Crippen LogP contribution in [0.2, 0.25) is 0 Å². The van der Waals surface area contributed by atoms with Crippen molar-refractivity contribution in [1.82, 2.24) is 4.90 Å². The van der Waals surface area contributed by atoms with E-state index in [1.165, 1.54) is 5.56 Å². The van der Waals surface area contributed by atoms with E-state index in [0.717, 1.165) is 31.5 Å². The Morgan fingerprint density at radius 2 is 1.88 bits per heavy atom. The molecule has 4 nitrogen and oxygen atoms in total. The highest BCUT2D eigenvalue weighted by Crippen LogP contribution is 2.28. The van der Waals surface area contributed by atoms with Crippen LogP contribution in [0.5, 0.6) is 5.75 Å². The Morgan fingerprint density at radius 1 is 1.16 bits per heavy atom. The molecule has 3 rings (SSSR count). The Morgan fingerprint density at radius 3 is 2.56 bits per heavy atom. The van der Waals surface area contributed by atoms with E-state index in [9.17, 15) is 9.90 Å². The molecule has 1 aliphatic heterocycles. The van der Waals surface area contributed by atoms with E-state index < -0.39 is 6.10 Å². The molecule has 1 N–H and O–H groups in total. The lowest BCUT2D eigenvalue weighted by molar-refractivity contribution is -0.139. The monoisotopic (exact) mass is 339 g/mol. The summed E-state index contributed by atoms with van der Waals surface area (Å²) in [6.45, 7) is 3.29. The second-order valence-electron chi connectivity index (χ2n) is 6.58. The third-order valence-corrected chi connectivity index (χ3v) is 4.82. The van der Waals surface area contributed by atoms with Crippen LogP contribution in [0, 0.1) is 0 Å². The molecule has 0 radical (unpaired) electrons. The smallest absolute Gasteiger partial charge is 0.263 e. The van der Waals surface area contributed by atoms with Gasteiger partial charge in [0, 0.05) is 13.1 Å². The number of piperidine rings is 1. The first kappa shape index (κ1) is 17.5. The summed E-state index contributed by atoms with van der Waals surface area (Å²) in [6.07, 6.45) is 1.45. The van der Waals surface area contributed by atoms with Crippen molar-refractivity contribution in [3.63, 3.8) is 0 Å². The van der Waals surface area contributed by atoms with E-state index in [1.807, 2.05) is 29.2 Å². The molecule has 25 heavy (non-hydrogen) atoms. The highest BCUT2D eigenvalue weighted by atomic mass is 16.5. The van der Waals surface area contributed by atoms with Crippen molar-refractivity contribution in [2.75, 3.05) is 13.1 Å². The van der Waals surface area contributed by atoms with Crippen molar-refractivity contribution in [2.45, 2.75) is 38.4 Å². The highest BCUT2D eigenvalue weighted by Gasteiger charge is 2.27. The van der Waals surface area contributed by atoms with Crippen molar-refractivity contribution in [2.24, 2.45) is 0 Å². The number of likely N-dealkylation sites (tertiary alicyclic amines) is 1. The molecular formula is C21H25NO3. The van der Waals surface area contributed by atoms with Crippen LogP contribution in [0.1, 0.15) is 36.8 Å². The zero-order valence-corrected chi connectivity index (χ0v) is 14.6. The summed E-state index contributed by atoms with van der Waals surface area (Å²) in [6, 6.07) is 17.7. The second-order valence-corrected chi connectivity index (χ2v) is 6.58. The van der Waals surface area contributed by atoms with Crippen LogP contribution in [-0.4, -0.2) is 35.1 Å². The summed E-state index contributed by atoms with van der Waals surface area (Å²) < 4.78 is 5.78. The van der Waals surface area contributed by atoms with Crippen molar-refractivity contribution in [3.05, 3.63) is 65.7 Å². The Labute approximate surface area is 149 Å². The van der Waals surface area contributed by atoms with Gasteiger partial charge in [0.15, 0.2) is 6.10 Å². The molecule has 1 atom stereocenters. The van der Waals surface area contributed by atoms with Gasteiger partial charge in [0.2, 0.25) is 0 Å². The van der Waals surface area contributed by atoms with Crippen LogP contribution >= 0.6 is 0 Å². The maximum absolute atomic E-state index is 12.7. The summed E-state index contributed by atoms with van der Waals surface area (Å²) in [7, 11) is 0. The van der Waals surface area contributed by atoms with Gasteiger partial charge in [-0.1, -0.05) is 42.5 Å². The first-order chi connectivity index (χ1) is 12.2. The lowest BCUT2D eigenvalue weighted by Crippen LogP contribution is -2.44. The summed E-state index contributed by atoms with van der Waals surface area (Å²) in [5.41, 5.74) is 2.14. The lowest BCUT2D eigenvalue weighted by Gasteiger charge is -2.33. The Kier molecular flexibility index (Phi) is 5.71. The summed E-state index contributed by atoms with van der Waals surface area (Å²) in [5, 5.41) is 9.20. The van der Waals surface area contributed by atoms with Gasteiger partial charge in [-0.15, -0.1) is 0 Å². The van der Waals surface area contributed by atoms with Gasteiger partial charge in [0.05, 0.1) is 6.61 Å². The van der Waals surface area contributed by atoms with E-state index in [2.05, 4.69) is 24.3 Å². The minimum absolute atomic E-state index is 0.0286. The van der Waals surface area contributed by atoms with Crippen molar-refractivity contribution in [1.29, 1.82) is 0 Å². The topological polar surface area (TPSA) is 49.8 Å². The van der Waals surface area contributed by atoms with E-state index in [4.69, 9.17) is 4.74 Å². The number of aliphatic hydroxyl groups is 1. The molecule has 1 fully saturated rings. The van der Waals surface area contributed by atoms with E-state index >= 15 is 0 Å². The molecule has 0 bridgehead atoms. The third-order valence-electron chi connectivity index (χ3n) is 4.82. The average molecular weight is 339 g/mol. The predicted molar refractivity (Wildman–Crippen MR) is 97.5 cm³/mol. The first-order valence-corrected chi connectivity index (χ1v) is 8.87. The number of carbonyl (C=O) groups excluding carboxylic acids is 1. The molecule has 4 heteroatoms. The number of rotatable bonds is 5. The van der Waals surface area contributed by atoms with Gasteiger partial charge >= 0.3 is 0 Å². The van der Waals surface area contributed by atoms with Crippen LogP contribution in [0.25, 0.3) is 0 Å². The molecule has 1 amide bonds. The second kappa shape index (κ2) is 8.17. The van der Waals surface area contributed by atoms with Crippen LogP contribution in [-0.2, 0) is 11.4 Å². The minimum atomic E-state index is -0.526. The number of carbonyl (C=O) groups is 1. The zero-order valence-electron chi connectivity index (χ0n) is 14.6. The molecule has 1 unspecified atom stereocenters. The largest absolute Gasteiger partial charge is 0.481 e. The molecule has 0 aromatic heterocycles. The Hall–Kier alpha value is -2.33. The van der Waals surface area contributed by atoms with Gasteiger partial charge in [0.25, 0.3) is 5.91 Å². The van der Waals surface area contributed by atoms with Gasteiger partial charge < -0.3 is 14.7 Å². The van der Waals surface area contributed by atoms with Crippen molar-refractivity contribution < 1.29 is 14.6 Å². The molecule has 2 aromatic carbocycles. The van der Waals surface area contributed by atoms with E-state index in [1.54, 1.807) is 13.0 Å².